The van der Waals surface area contributed by atoms with Crippen LogP contribution < -0.4 is 20.7 Å². The van der Waals surface area contributed by atoms with E-state index >= 15 is 0 Å². The Morgan fingerprint density at radius 3 is 2.79 bits per heavy atom. The zero-order valence-electron chi connectivity index (χ0n) is 17.8. The van der Waals surface area contributed by atoms with Gasteiger partial charge in [-0.05, 0) is 42.7 Å². The van der Waals surface area contributed by atoms with Gasteiger partial charge in [-0.1, -0.05) is 6.07 Å². The number of fused-ring (bicyclic) bond motifs is 2. The smallest absolute Gasteiger partial charge is 0.322 e. The van der Waals surface area contributed by atoms with Crippen LogP contribution in [0.25, 0.3) is 11.1 Å². The minimum Gasteiger partial charge on any atom is -0.497 e. The molecule has 3 aliphatic rings. The summed E-state index contributed by atoms with van der Waals surface area (Å²) in [5.74, 6) is 0.694. The summed E-state index contributed by atoms with van der Waals surface area (Å²) >= 11 is 0. The number of carbonyl (C=O) groups excluding carboxylic acids is 3. The third-order valence-electron chi connectivity index (χ3n) is 6.29. The van der Waals surface area contributed by atoms with Gasteiger partial charge in [0.25, 0.3) is 11.8 Å². The van der Waals surface area contributed by atoms with E-state index in [-0.39, 0.29) is 18.2 Å². The average Bonchev–Trinajstić information content (AvgIpc) is 3.31. The highest BCUT2D eigenvalue weighted by molar-refractivity contribution is 6.08. The van der Waals surface area contributed by atoms with Crippen molar-refractivity contribution in [2.75, 3.05) is 19.0 Å². The molecule has 0 unspecified atom stereocenters. The van der Waals surface area contributed by atoms with Crippen LogP contribution in [0.3, 0.4) is 0 Å². The van der Waals surface area contributed by atoms with Crippen LogP contribution in [0, 0.1) is 0 Å². The number of pyridine rings is 1. The lowest BCUT2D eigenvalue weighted by atomic mass is 9.95. The third-order valence-corrected chi connectivity index (χ3v) is 6.29. The van der Waals surface area contributed by atoms with Crippen molar-refractivity contribution >= 4 is 34.8 Å². The number of nitrogens with zero attached hydrogens (tertiary/aromatic N) is 2. The molecule has 1 atom stereocenters. The van der Waals surface area contributed by atoms with E-state index in [1.165, 1.54) is 12.0 Å². The molecule has 10 heteroatoms. The first-order valence-electron chi connectivity index (χ1n) is 10.7. The number of hydrogen-bond acceptors (Lipinski definition) is 7. The molecule has 6 rings (SSSR count). The fourth-order valence-corrected chi connectivity index (χ4v) is 4.39. The molecule has 2 fully saturated rings. The van der Waals surface area contributed by atoms with Crippen molar-refractivity contribution in [1.29, 1.82) is 0 Å². The summed E-state index contributed by atoms with van der Waals surface area (Å²) < 4.78 is 11.2. The van der Waals surface area contributed by atoms with Crippen LogP contribution in [0.4, 0.5) is 10.6 Å². The second-order valence-electron chi connectivity index (χ2n) is 8.61. The lowest BCUT2D eigenvalue weighted by Crippen LogP contribution is -2.52. The van der Waals surface area contributed by atoms with Gasteiger partial charge in [0, 0.05) is 24.2 Å². The molecule has 2 aliphatic heterocycles. The maximum Gasteiger partial charge on any atom is 0.322 e. The lowest BCUT2D eigenvalue weighted by molar-refractivity contribution is -0.125. The zero-order valence-corrected chi connectivity index (χ0v) is 17.8. The molecule has 0 bridgehead atoms. The van der Waals surface area contributed by atoms with Crippen LogP contribution in [-0.2, 0) is 16.9 Å². The van der Waals surface area contributed by atoms with Crippen LogP contribution in [0.15, 0.2) is 40.8 Å². The summed E-state index contributed by atoms with van der Waals surface area (Å²) in [5, 5.41) is 8.31. The molecule has 3 N–H and O–H groups in total. The topological polar surface area (TPSA) is 126 Å². The third kappa shape index (κ3) is 3.17. The Morgan fingerprint density at radius 1 is 1.21 bits per heavy atom. The first-order valence-corrected chi connectivity index (χ1v) is 10.7. The molecule has 0 spiro atoms. The van der Waals surface area contributed by atoms with E-state index in [0.29, 0.717) is 35.0 Å². The van der Waals surface area contributed by atoms with Gasteiger partial charge in [-0.3, -0.25) is 14.9 Å². The van der Waals surface area contributed by atoms with Crippen molar-refractivity contribution in [3.63, 3.8) is 0 Å². The second-order valence-corrected chi connectivity index (χ2v) is 8.61. The van der Waals surface area contributed by atoms with E-state index in [0.717, 1.165) is 24.2 Å². The molecule has 1 saturated heterocycles. The molecule has 168 valence electrons. The highest BCUT2D eigenvalue weighted by Crippen LogP contribution is 2.35. The van der Waals surface area contributed by atoms with Crippen LogP contribution >= 0.6 is 0 Å². The summed E-state index contributed by atoms with van der Waals surface area (Å²) in [6.45, 7) is 0.213. The van der Waals surface area contributed by atoms with E-state index in [1.54, 1.807) is 24.3 Å². The highest BCUT2D eigenvalue weighted by Gasteiger charge is 2.53. The van der Waals surface area contributed by atoms with Gasteiger partial charge in [-0.2, -0.15) is 0 Å². The molecule has 1 saturated carbocycles. The molecular formula is C23H21N5O5. The van der Waals surface area contributed by atoms with Gasteiger partial charge in [0.1, 0.15) is 22.8 Å². The van der Waals surface area contributed by atoms with Crippen molar-refractivity contribution in [2.45, 2.75) is 31.0 Å². The number of methoxy groups -OCH3 is 1. The Labute approximate surface area is 188 Å². The minimum atomic E-state index is -1.57. The fourth-order valence-electron chi connectivity index (χ4n) is 4.39. The number of urea groups is 1. The number of hydrogen-bond donors (Lipinski definition) is 3. The number of amides is 4. The fraction of sp³-hybridized carbons (Fsp3) is 0.304. The number of imide groups is 1. The molecule has 2 aromatic heterocycles. The largest absolute Gasteiger partial charge is 0.497 e. The van der Waals surface area contributed by atoms with Crippen molar-refractivity contribution in [3.05, 3.63) is 53.3 Å². The van der Waals surface area contributed by atoms with Gasteiger partial charge in [0.2, 0.25) is 0 Å². The van der Waals surface area contributed by atoms with Crippen LogP contribution in [0.1, 0.15) is 34.5 Å². The monoisotopic (exact) mass is 447 g/mol. The Balaban J connectivity index is 1.36. The number of ether oxygens (including phenoxy) is 1. The van der Waals surface area contributed by atoms with Crippen molar-refractivity contribution < 1.29 is 23.5 Å². The highest BCUT2D eigenvalue weighted by atomic mass is 16.5. The number of aromatic nitrogens is 1. The first kappa shape index (κ1) is 19.6. The summed E-state index contributed by atoms with van der Waals surface area (Å²) in [4.78, 5) is 44.4. The van der Waals surface area contributed by atoms with Crippen LogP contribution in [0.2, 0.25) is 0 Å². The molecular weight excluding hydrogens is 426 g/mol. The maximum atomic E-state index is 13.1. The number of carbonyl (C=O) groups is 3. The second kappa shape index (κ2) is 6.96. The van der Waals surface area contributed by atoms with E-state index in [9.17, 15) is 14.4 Å². The number of benzene rings is 1. The number of nitrogens with one attached hydrogen (secondary N) is 3. The lowest BCUT2D eigenvalue weighted by Gasteiger charge is -2.28. The van der Waals surface area contributed by atoms with Gasteiger partial charge < -0.3 is 24.7 Å². The van der Waals surface area contributed by atoms with Gasteiger partial charge in [-0.15, -0.1) is 0 Å². The Bertz CT molecular complexity index is 1330. The van der Waals surface area contributed by atoms with Crippen LogP contribution in [-0.4, -0.2) is 47.4 Å². The van der Waals surface area contributed by atoms with E-state index in [1.807, 2.05) is 12.1 Å². The van der Waals surface area contributed by atoms with Crippen molar-refractivity contribution in [2.24, 2.45) is 0 Å². The SMILES string of the molecule is COc1ccc2c(c1)C(=O)N(C[C@@]1(c3cc4nc(NC5CC5)ccc4o3)NC(=O)NC1=O)C2. The van der Waals surface area contributed by atoms with E-state index < -0.39 is 17.5 Å². The molecule has 0 radical (unpaired) electrons. The Kier molecular flexibility index (Phi) is 4.13. The number of rotatable bonds is 6. The van der Waals surface area contributed by atoms with Gasteiger partial charge >= 0.3 is 6.03 Å². The Hall–Kier alpha value is -4.08. The summed E-state index contributed by atoms with van der Waals surface area (Å²) in [6.07, 6.45) is 2.23. The molecule has 1 aliphatic carbocycles. The summed E-state index contributed by atoms with van der Waals surface area (Å²) in [5.41, 5.74) is 0.813. The normalized spacial score (nSPS) is 21.8. The minimum absolute atomic E-state index is 0.0899. The van der Waals surface area contributed by atoms with Crippen molar-refractivity contribution in [3.8, 4) is 5.75 Å². The van der Waals surface area contributed by atoms with E-state index in [2.05, 4.69) is 20.9 Å². The molecule has 4 amide bonds. The molecule has 10 nitrogen and oxygen atoms in total. The zero-order chi connectivity index (χ0) is 22.7. The predicted octanol–water partition coefficient (Wildman–Crippen LogP) is 2.10. The molecule has 4 heterocycles. The molecule has 33 heavy (non-hydrogen) atoms. The number of furan rings is 1. The summed E-state index contributed by atoms with van der Waals surface area (Å²) in [6, 6.07) is 10.3. The number of anilines is 1. The molecule has 1 aromatic carbocycles. The quantitative estimate of drug-likeness (QED) is 0.494. The van der Waals surface area contributed by atoms with Gasteiger partial charge in [-0.25, -0.2) is 9.78 Å². The van der Waals surface area contributed by atoms with Crippen molar-refractivity contribution in [1.82, 2.24) is 20.5 Å². The standard InChI is InChI=1S/C23H21N5O5/c1-32-14-5-2-12-10-28(20(29)15(12)8-14)11-23(21(30)26-22(31)27-23)18-9-16-17(33-18)6-7-19(25-16)24-13-3-4-13/h2,5-9,13H,3-4,10-11H2,1H3,(H,24,25)(H2,26,27,30,31)/t23-/m0/s1. The van der Waals surface area contributed by atoms with Gasteiger partial charge in [0.05, 0.1) is 13.7 Å². The predicted molar refractivity (Wildman–Crippen MR) is 117 cm³/mol. The van der Waals surface area contributed by atoms with Crippen LogP contribution in [0.5, 0.6) is 5.75 Å². The van der Waals surface area contributed by atoms with Gasteiger partial charge in [0.15, 0.2) is 11.1 Å². The van der Waals surface area contributed by atoms with E-state index in [4.69, 9.17) is 9.15 Å². The first-order chi connectivity index (χ1) is 15.9. The average molecular weight is 447 g/mol. The maximum absolute atomic E-state index is 13.1. The summed E-state index contributed by atoms with van der Waals surface area (Å²) in [7, 11) is 1.54. The Morgan fingerprint density at radius 2 is 2.06 bits per heavy atom. The molecule has 3 aromatic rings.